The Morgan fingerprint density at radius 3 is 2.65 bits per heavy atom. The summed E-state index contributed by atoms with van der Waals surface area (Å²) < 4.78 is 0. The zero-order valence-corrected chi connectivity index (χ0v) is 11.7. The van der Waals surface area contributed by atoms with Crippen LogP contribution in [0.2, 0.25) is 0 Å². The van der Waals surface area contributed by atoms with Gasteiger partial charge in [0.05, 0.1) is 17.3 Å². The van der Waals surface area contributed by atoms with Crippen LogP contribution in [0.25, 0.3) is 0 Å². The van der Waals surface area contributed by atoms with Gasteiger partial charge >= 0.3 is 5.97 Å². The Morgan fingerprint density at radius 1 is 1.35 bits per heavy atom. The number of nitrogens with zero attached hydrogens (tertiary/aromatic N) is 1. The molecule has 1 aliphatic carbocycles. The maximum atomic E-state index is 12.1. The average Bonchev–Trinajstić information content (AvgIpc) is 2.42. The fourth-order valence-electron chi connectivity index (χ4n) is 2.79. The van der Waals surface area contributed by atoms with E-state index in [4.69, 9.17) is 0 Å². The number of hydrogen-bond donors (Lipinski definition) is 2. The first-order valence-corrected chi connectivity index (χ1v) is 6.97. The second-order valence-electron chi connectivity index (χ2n) is 5.56. The molecule has 1 aliphatic rings. The SMILES string of the molecule is Cc1ccncc1NC(=O)CC1(C(=O)O)CCCCC1. The van der Waals surface area contributed by atoms with Gasteiger partial charge in [0.15, 0.2) is 0 Å². The van der Waals surface area contributed by atoms with Crippen LogP contribution in [-0.4, -0.2) is 22.0 Å². The molecule has 1 fully saturated rings. The largest absolute Gasteiger partial charge is 0.481 e. The van der Waals surface area contributed by atoms with Crippen LogP contribution in [0, 0.1) is 12.3 Å². The van der Waals surface area contributed by atoms with Crippen molar-refractivity contribution in [2.45, 2.75) is 45.4 Å². The third kappa shape index (κ3) is 3.15. The van der Waals surface area contributed by atoms with Crippen molar-refractivity contribution in [2.24, 2.45) is 5.41 Å². The molecule has 5 heteroatoms. The van der Waals surface area contributed by atoms with E-state index in [-0.39, 0.29) is 12.3 Å². The smallest absolute Gasteiger partial charge is 0.310 e. The first-order chi connectivity index (χ1) is 9.53. The van der Waals surface area contributed by atoms with E-state index in [9.17, 15) is 14.7 Å². The summed E-state index contributed by atoms with van der Waals surface area (Å²) >= 11 is 0. The lowest BCUT2D eigenvalue weighted by Gasteiger charge is -2.32. The van der Waals surface area contributed by atoms with E-state index in [1.54, 1.807) is 12.4 Å². The third-order valence-corrected chi connectivity index (χ3v) is 4.08. The summed E-state index contributed by atoms with van der Waals surface area (Å²) in [4.78, 5) is 27.6. The second kappa shape index (κ2) is 6.03. The minimum Gasteiger partial charge on any atom is -0.481 e. The summed E-state index contributed by atoms with van der Waals surface area (Å²) in [6.07, 6.45) is 7.27. The normalized spacial score (nSPS) is 17.4. The van der Waals surface area contributed by atoms with E-state index >= 15 is 0 Å². The molecule has 1 aromatic heterocycles. The molecule has 0 saturated heterocycles. The first-order valence-electron chi connectivity index (χ1n) is 6.97. The van der Waals surface area contributed by atoms with E-state index in [0.29, 0.717) is 18.5 Å². The van der Waals surface area contributed by atoms with E-state index in [0.717, 1.165) is 24.8 Å². The molecule has 0 aromatic carbocycles. The van der Waals surface area contributed by atoms with E-state index in [1.807, 2.05) is 13.0 Å². The molecule has 1 amide bonds. The molecule has 1 heterocycles. The standard InChI is InChI=1S/C15H20N2O3/c1-11-5-8-16-10-12(11)17-13(18)9-15(14(19)20)6-3-2-4-7-15/h5,8,10H,2-4,6-7,9H2,1H3,(H,17,18)(H,19,20). The summed E-state index contributed by atoms with van der Waals surface area (Å²) in [5.74, 6) is -1.10. The second-order valence-corrected chi connectivity index (χ2v) is 5.56. The van der Waals surface area contributed by atoms with Gasteiger partial charge in [-0.15, -0.1) is 0 Å². The predicted octanol–water partition coefficient (Wildman–Crippen LogP) is 2.75. The van der Waals surface area contributed by atoms with Gasteiger partial charge in [-0.3, -0.25) is 14.6 Å². The van der Waals surface area contributed by atoms with Crippen LogP contribution < -0.4 is 5.32 Å². The number of pyridine rings is 1. The quantitative estimate of drug-likeness (QED) is 0.886. The number of nitrogens with one attached hydrogen (secondary N) is 1. The van der Waals surface area contributed by atoms with Gasteiger partial charge in [-0.05, 0) is 31.4 Å². The van der Waals surface area contributed by atoms with Crippen molar-refractivity contribution < 1.29 is 14.7 Å². The maximum absolute atomic E-state index is 12.1. The highest BCUT2D eigenvalue weighted by Gasteiger charge is 2.41. The Bertz CT molecular complexity index is 508. The van der Waals surface area contributed by atoms with Crippen LogP contribution in [0.1, 0.15) is 44.1 Å². The number of carbonyl (C=O) groups is 2. The van der Waals surface area contributed by atoms with Crippen molar-refractivity contribution in [1.82, 2.24) is 4.98 Å². The number of amides is 1. The molecule has 5 nitrogen and oxygen atoms in total. The van der Waals surface area contributed by atoms with Gasteiger partial charge in [0.25, 0.3) is 0 Å². The molecule has 0 aliphatic heterocycles. The zero-order valence-electron chi connectivity index (χ0n) is 11.7. The highest BCUT2D eigenvalue weighted by molar-refractivity contribution is 5.94. The lowest BCUT2D eigenvalue weighted by molar-refractivity contribution is -0.153. The first kappa shape index (κ1) is 14.5. The van der Waals surface area contributed by atoms with Crippen LogP contribution in [0.3, 0.4) is 0 Å². The molecule has 0 unspecified atom stereocenters. The zero-order chi connectivity index (χ0) is 14.6. The van der Waals surface area contributed by atoms with Crippen LogP contribution in [-0.2, 0) is 9.59 Å². The van der Waals surface area contributed by atoms with Crippen LogP contribution in [0.4, 0.5) is 5.69 Å². The maximum Gasteiger partial charge on any atom is 0.310 e. The highest BCUT2D eigenvalue weighted by Crippen LogP contribution is 2.39. The number of aryl methyl sites for hydroxylation is 1. The summed E-state index contributed by atoms with van der Waals surface area (Å²) in [5.41, 5.74) is 0.675. The van der Waals surface area contributed by atoms with Crippen LogP contribution in [0.5, 0.6) is 0 Å². The minimum atomic E-state index is -0.890. The van der Waals surface area contributed by atoms with Crippen molar-refractivity contribution in [3.05, 3.63) is 24.0 Å². The average molecular weight is 276 g/mol. The Hall–Kier alpha value is -1.91. The van der Waals surface area contributed by atoms with Gasteiger partial charge in [0, 0.05) is 12.6 Å². The number of hydrogen-bond acceptors (Lipinski definition) is 3. The Labute approximate surface area is 118 Å². The van der Waals surface area contributed by atoms with Crippen molar-refractivity contribution in [3.8, 4) is 0 Å². The molecule has 0 atom stereocenters. The fourth-order valence-corrected chi connectivity index (χ4v) is 2.79. The van der Waals surface area contributed by atoms with Crippen LogP contribution in [0.15, 0.2) is 18.5 Å². The Kier molecular flexibility index (Phi) is 4.37. The number of anilines is 1. The summed E-state index contributed by atoms with van der Waals surface area (Å²) in [6, 6.07) is 1.81. The monoisotopic (exact) mass is 276 g/mol. The lowest BCUT2D eigenvalue weighted by atomic mass is 9.71. The topological polar surface area (TPSA) is 79.3 Å². The Morgan fingerprint density at radius 2 is 2.05 bits per heavy atom. The van der Waals surface area contributed by atoms with Crippen molar-refractivity contribution >= 4 is 17.6 Å². The van der Waals surface area contributed by atoms with Crippen molar-refractivity contribution in [3.63, 3.8) is 0 Å². The number of rotatable bonds is 4. The molecule has 20 heavy (non-hydrogen) atoms. The van der Waals surface area contributed by atoms with Crippen molar-refractivity contribution in [1.29, 1.82) is 0 Å². The van der Waals surface area contributed by atoms with Crippen molar-refractivity contribution in [2.75, 3.05) is 5.32 Å². The fraction of sp³-hybridized carbons (Fsp3) is 0.533. The number of carboxylic acid groups (broad SMARTS) is 1. The number of aromatic nitrogens is 1. The molecule has 2 N–H and O–H groups in total. The third-order valence-electron chi connectivity index (χ3n) is 4.08. The number of carbonyl (C=O) groups excluding carboxylic acids is 1. The molecular formula is C15H20N2O3. The van der Waals surface area contributed by atoms with Gasteiger partial charge in [0.2, 0.25) is 5.91 Å². The lowest BCUT2D eigenvalue weighted by Crippen LogP contribution is -2.37. The van der Waals surface area contributed by atoms with Gasteiger partial charge in [-0.1, -0.05) is 19.3 Å². The molecule has 0 radical (unpaired) electrons. The highest BCUT2D eigenvalue weighted by atomic mass is 16.4. The number of carboxylic acids is 1. The summed E-state index contributed by atoms with van der Waals surface area (Å²) in [7, 11) is 0. The van der Waals surface area contributed by atoms with Gasteiger partial charge < -0.3 is 10.4 Å². The predicted molar refractivity (Wildman–Crippen MR) is 75.4 cm³/mol. The van der Waals surface area contributed by atoms with E-state index in [2.05, 4.69) is 10.3 Å². The molecule has 0 bridgehead atoms. The Balaban J connectivity index is 2.06. The number of aliphatic carboxylic acids is 1. The summed E-state index contributed by atoms with van der Waals surface area (Å²) in [5, 5.41) is 12.2. The van der Waals surface area contributed by atoms with Gasteiger partial charge in [-0.2, -0.15) is 0 Å². The molecule has 0 spiro atoms. The van der Waals surface area contributed by atoms with E-state index < -0.39 is 11.4 Å². The van der Waals surface area contributed by atoms with Gasteiger partial charge in [0.1, 0.15) is 0 Å². The molecular weight excluding hydrogens is 256 g/mol. The molecule has 1 saturated carbocycles. The summed E-state index contributed by atoms with van der Waals surface area (Å²) in [6.45, 7) is 1.88. The van der Waals surface area contributed by atoms with Crippen LogP contribution >= 0.6 is 0 Å². The molecule has 108 valence electrons. The molecule has 2 rings (SSSR count). The van der Waals surface area contributed by atoms with E-state index in [1.165, 1.54) is 0 Å². The molecule has 1 aromatic rings. The van der Waals surface area contributed by atoms with Gasteiger partial charge in [-0.25, -0.2) is 0 Å². The minimum absolute atomic E-state index is 0.0384.